The predicted octanol–water partition coefficient (Wildman–Crippen LogP) is 3.54. The molecule has 0 radical (unpaired) electrons. The van der Waals surface area contributed by atoms with E-state index in [1.165, 1.54) is 32.4 Å². The Morgan fingerprint density at radius 3 is 2.50 bits per heavy atom. The molecule has 9 heteroatoms. The number of benzene rings is 2. The molecule has 2 aromatic rings. The van der Waals surface area contributed by atoms with Crippen LogP contribution in [0.5, 0.6) is 23.0 Å². The normalized spacial score (nSPS) is 25.6. The minimum absolute atomic E-state index is 0.00245. The maximum absolute atomic E-state index is 14.2. The van der Waals surface area contributed by atoms with Crippen LogP contribution >= 0.6 is 11.6 Å². The van der Waals surface area contributed by atoms with Gasteiger partial charge < -0.3 is 24.6 Å². The number of aromatic hydroxyl groups is 1. The molecule has 5 rings (SSSR count). The SMILES string of the molecule is COc1cc(OC)c2c(c1Cl)O[C@@]1(C(=O)C3=C(C[C@H]1C)NC(=O)CC3c1cccc(O)c1)C2=O. The van der Waals surface area contributed by atoms with Crippen LogP contribution in [0.4, 0.5) is 0 Å². The molecule has 2 N–H and O–H groups in total. The highest BCUT2D eigenvalue weighted by molar-refractivity contribution is 6.36. The van der Waals surface area contributed by atoms with Crippen molar-refractivity contribution in [1.82, 2.24) is 5.32 Å². The molecule has 2 aliphatic heterocycles. The first-order valence-corrected chi connectivity index (χ1v) is 11.2. The summed E-state index contributed by atoms with van der Waals surface area (Å²) in [7, 11) is 2.83. The van der Waals surface area contributed by atoms with Gasteiger partial charge in [0.25, 0.3) is 0 Å². The molecule has 0 fully saturated rings. The van der Waals surface area contributed by atoms with Gasteiger partial charge in [0.2, 0.25) is 23.1 Å². The number of hydrogen-bond donors (Lipinski definition) is 2. The number of rotatable bonds is 3. The molecule has 1 aliphatic carbocycles. The number of carbonyl (C=O) groups is 3. The number of ketones is 2. The molecule has 1 unspecified atom stereocenters. The fourth-order valence-electron chi connectivity index (χ4n) is 5.22. The molecule has 3 atom stereocenters. The number of Topliss-reactive ketones (excluding diaryl/α,β-unsaturated/α-hetero) is 2. The lowest BCUT2D eigenvalue weighted by atomic mass is 9.66. The Bertz CT molecular complexity index is 1300. The number of phenols is 1. The number of fused-ring (bicyclic) bond motifs is 1. The lowest BCUT2D eigenvalue weighted by Crippen LogP contribution is -2.59. The quantitative estimate of drug-likeness (QED) is 0.642. The molecular formula is C25H22ClNO7. The van der Waals surface area contributed by atoms with E-state index in [1.807, 2.05) is 0 Å². The third-order valence-electron chi connectivity index (χ3n) is 6.83. The summed E-state index contributed by atoms with van der Waals surface area (Å²) >= 11 is 6.48. The Morgan fingerprint density at radius 2 is 1.82 bits per heavy atom. The zero-order valence-electron chi connectivity index (χ0n) is 18.7. The van der Waals surface area contributed by atoms with E-state index in [-0.39, 0.29) is 52.3 Å². The summed E-state index contributed by atoms with van der Waals surface area (Å²) in [6.07, 6.45) is 0.233. The van der Waals surface area contributed by atoms with Crippen molar-refractivity contribution in [2.45, 2.75) is 31.3 Å². The zero-order valence-corrected chi connectivity index (χ0v) is 19.5. The first-order valence-electron chi connectivity index (χ1n) is 10.8. The highest BCUT2D eigenvalue weighted by Crippen LogP contribution is 2.55. The molecule has 2 heterocycles. The van der Waals surface area contributed by atoms with Gasteiger partial charge in [-0.25, -0.2) is 0 Å². The molecule has 1 amide bonds. The third-order valence-corrected chi connectivity index (χ3v) is 7.19. The van der Waals surface area contributed by atoms with Gasteiger partial charge in [0.05, 0.1) is 14.2 Å². The molecule has 0 saturated carbocycles. The Balaban J connectivity index is 1.68. The maximum atomic E-state index is 14.2. The van der Waals surface area contributed by atoms with E-state index in [0.717, 1.165) is 0 Å². The molecular weight excluding hydrogens is 462 g/mol. The fraction of sp³-hybridized carbons (Fsp3) is 0.320. The van der Waals surface area contributed by atoms with Crippen LogP contribution in [0.3, 0.4) is 0 Å². The van der Waals surface area contributed by atoms with E-state index in [9.17, 15) is 19.5 Å². The van der Waals surface area contributed by atoms with E-state index in [0.29, 0.717) is 16.8 Å². The number of ether oxygens (including phenoxy) is 3. The summed E-state index contributed by atoms with van der Waals surface area (Å²) in [6, 6.07) is 7.90. The molecule has 176 valence electrons. The summed E-state index contributed by atoms with van der Waals surface area (Å²) in [4.78, 5) is 40.6. The minimum atomic E-state index is -1.86. The van der Waals surface area contributed by atoms with Crippen molar-refractivity contribution in [3.63, 3.8) is 0 Å². The van der Waals surface area contributed by atoms with Crippen molar-refractivity contribution in [1.29, 1.82) is 0 Å². The van der Waals surface area contributed by atoms with Gasteiger partial charge in [-0.15, -0.1) is 0 Å². The lowest BCUT2D eigenvalue weighted by molar-refractivity contribution is -0.131. The number of methoxy groups -OCH3 is 2. The molecule has 0 aromatic heterocycles. The number of allylic oxidation sites excluding steroid dienone is 1. The number of amides is 1. The highest BCUT2D eigenvalue weighted by atomic mass is 35.5. The number of nitrogens with one attached hydrogen (secondary N) is 1. The second-order valence-corrected chi connectivity index (χ2v) is 9.07. The standard InChI is InChI=1S/C25H22ClNO7/c1-11-7-15-19(14(9-18(29)27-15)12-5-4-6-13(28)8-12)23(30)25(11)24(31)20-16(32-2)10-17(33-3)21(26)22(20)34-25/h4-6,8,10-11,14,28H,7,9H2,1-3H3,(H,27,29)/t11-,14?,25+/m1/s1. The summed E-state index contributed by atoms with van der Waals surface area (Å²) in [6.45, 7) is 1.73. The van der Waals surface area contributed by atoms with Crippen LogP contribution in [0.25, 0.3) is 0 Å². The van der Waals surface area contributed by atoms with Gasteiger partial charge in [-0.05, 0) is 24.1 Å². The Hall–Kier alpha value is -3.52. The summed E-state index contributed by atoms with van der Waals surface area (Å²) in [5.74, 6) is -2.05. The highest BCUT2D eigenvalue weighted by Gasteiger charge is 2.63. The average molecular weight is 484 g/mol. The number of halogens is 1. The second kappa shape index (κ2) is 7.77. The van der Waals surface area contributed by atoms with Crippen LogP contribution in [0.1, 0.15) is 41.6 Å². The molecule has 34 heavy (non-hydrogen) atoms. The van der Waals surface area contributed by atoms with Crippen LogP contribution in [0.15, 0.2) is 41.6 Å². The first-order chi connectivity index (χ1) is 16.2. The van der Waals surface area contributed by atoms with E-state index < -0.39 is 29.0 Å². The van der Waals surface area contributed by atoms with Gasteiger partial charge in [-0.1, -0.05) is 30.7 Å². The minimum Gasteiger partial charge on any atom is -0.508 e. The van der Waals surface area contributed by atoms with Crippen molar-refractivity contribution in [3.05, 3.63) is 57.8 Å². The van der Waals surface area contributed by atoms with Gasteiger partial charge in [0, 0.05) is 35.6 Å². The van der Waals surface area contributed by atoms with Crippen LogP contribution < -0.4 is 19.5 Å². The van der Waals surface area contributed by atoms with Crippen molar-refractivity contribution in [2.75, 3.05) is 14.2 Å². The number of phenolic OH excluding ortho intramolecular Hbond substituents is 1. The van der Waals surface area contributed by atoms with E-state index in [2.05, 4.69) is 5.32 Å². The van der Waals surface area contributed by atoms with E-state index in [1.54, 1.807) is 19.1 Å². The molecule has 0 bridgehead atoms. The smallest absolute Gasteiger partial charge is 0.236 e. The molecule has 8 nitrogen and oxygen atoms in total. The lowest BCUT2D eigenvalue weighted by Gasteiger charge is -2.41. The van der Waals surface area contributed by atoms with Crippen molar-refractivity contribution in [3.8, 4) is 23.0 Å². The fourth-order valence-corrected chi connectivity index (χ4v) is 5.48. The molecule has 0 saturated heterocycles. The maximum Gasteiger partial charge on any atom is 0.236 e. The molecule has 2 aromatic carbocycles. The van der Waals surface area contributed by atoms with Crippen LogP contribution in [0, 0.1) is 5.92 Å². The van der Waals surface area contributed by atoms with Crippen molar-refractivity contribution >= 4 is 29.1 Å². The van der Waals surface area contributed by atoms with Gasteiger partial charge in [0.15, 0.2) is 5.75 Å². The zero-order chi connectivity index (χ0) is 24.4. The van der Waals surface area contributed by atoms with Gasteiger partial charge >= 0.3 is 0 Å². The van der Waals surface area contributed by atoms with Crippen molar-refractivity contribution < 1.29 is 33.7 Å². The number of hydrogen-bond acceptors (Lipinski definition) is 7. The van der Waals surface area contributed by atoms with Crippen LogP contribution in [-0.4, -0.2) is 42.4 Å². The van der Waals surface area contributed by atoms with Crippen LogP contribution in [0.2, 0.25) is 5.02 Å². The summed E-state index contributed by atoms with van der Waals surface area (Å²) < 4.78 is 16.9. The Labute approximate surface area is 200 Å². The van der Waals surface area contributed by atoms with Gasteiger partial charge in [-0.2, -0.15) is 0 Å². The third kappa shape index (κ3) is 2.94. The second-order valence-electron chi connectivity index (χ2n) is 8.69. The average Bonchev–Trinajstić information content (AvgIpc) is 3.12. The Kier molecular flexibility index (Phi) is 5.09. The predicted molar refractivity (Wildman–Crippen MR) is 122 cm³/mol. The topological polar surface area (TPSA) is 111 Å². The van der Waals surface area contributed by atoms with E-state index in [4.69, 9.17) is 25.8 Å². The largest absolute Gasteiger partial charge is 0.508 e. The monoisotopic (exact) mass is 483 g/mol. The summed E-state index contributed by atoms with van der Waals surface area (Å²) in [5, 5.41) is 12.9. The van der Waals surface area contributed by atoms with Gasteiger partial charge in [-0.3, -0.25) is 14.4 Å². The Morgan fingerprint density at radius 1 is 1.09 bits per heavy atom. The molecule has 1 spiro atoms. The summed E-state index contributed by atoms with van der Waals surface area (Å²) in [5.41, 5.74) is -0.407. The number of carbonyl (C=O) groups excluding carboxylic acids is 3. The first kappa shape index (κ1) is 22.3. The van der Waals surface area contributed by atoms with Crippen LogP contribution in [-0.2, 0) is 9.59 Å². The van der Waals surface area contributed by atoms with E-state index >= 15 is 0 Å². The van der Waals surface area contributed by atoms with Gasteiger partial charge in [0.1, 0.15) is 27.8 Å². The molecule has 3 aliphatic rings. The van der Waals surface area contributed by atoms with Crippen molar-refractivity contribution in [2.24, 2.45) is 5.92 Å².